The highest BCUT2D eigenvalue weighted by molar-refractivity contribution is 8.16. The lowest BCUT2D eigenvalue weighted by Gasteiger charge is -2.37. The smallest absolute Gasteiger partial charge is 0.338 e. The lowest BCUT2D eigenvalue weighted by Crippen LogP contribution is -2.42. The monoisotopic (exact) mass is 581 g/mol. The molecule has 1 amide bonds. The van der Waals surface area contributed by atoms with Gasteiger partial charge in [-0.2, -0.15) is 0 Å². The van der Waals surface area contributed by atoms with E-state index in [4.69, 9.17) is 19.2 Å². The van der Waals surface area contributed by atoms with Crippen LogP contribution in [0.15, 0.2) is 112 Å². The molecule has 3 heterocycles. The van der Waals surface area contributed by atoms with E-state index in [0.717, 1.165) is 22.0 Å². The molecule has 3 aromatic rings. The van der Waals surface area contributed by atoms with Crippen molar-refractivity contribution in [3.8, 4) is 11.5 Å². The number of aliphatic imine (C=N–C) groups is 1. The Balaban J connectivity index is 1.33. The lowest BCUT2D eigenvalue weighted by molar-refractivity contribution is -0.141. The Morgan fingerprint density at radius 3 is 2.43 bits per heavy atom. The molecule has 3 aliphatic rings. The number of ether oxygens (including phenoxy) is 3. The van der Waals surface area contributed by atoms with Crippen LogP contribution in [0.4, 0.5) is 0 Å². The summed E-state index contributed by atoms with van der Waals surface area (Å²) in [7, 11) is 0. The van der Waals surface area contributed by atoms with E-state index in [9.17, 15) is 9.59 Å². The van der Waals surface area contributed by atoms with Crippen molar-refractivity contribution in [2.75, 3.05) is 26.3 Å². The molecule has 6 rings (SSSR count). The van der Waals surface area contributed by atoms with E-state index < -0.39 is 12.0 Å². The summed E-state index contributed by atoms with van der Waals surface area (Å²) < 4.78 is 17.4. The number of carbonyl (C=O) groups excluding carboxylic acids is 2. The van der Waals surface area contributed by atoms with Gasteiger partial charge in [-0.3, -0.25) is 4.79 Å². The van der Waals surface area contributed by atoms with Crippen LogP contribution in [0.25, 0.3) is 0 Å². The first-order chi connectivity index (χ1) is 20.6. The molecular weight excluding hydrogens is 550 g/mol. The van der Waals surface area contributed by atoms with Crippen LogP contribution >= 0.6 is 11.8 Å². The van der Waals surface area contributed by atoms with E-state index in [-0.39, 0.29) is 18.9 Å². The number of fused-ring (bicyclic) bond motifs is 1. The average Bonchev–Trinajstić information content (AvgIpc) is 3.42. The number of amidine groups is 1. The molecule has 1 atom stereocenters. The molecule has 1 unspecified atom stereocenters. The van der Waals surface area contributed by atoms with E-state index >= 15 is 0 Å². The number of esters is 1. The van der Waals surface area contributed by atoms with Crippen LogP contribution in [0.5, 0.6) is 11.5 Å². The van der Waals surface area contributed by atoms with Crippen molar-refractivity contribution >= 4 is 28.8 Å². The fourth-order valence-corrected chi connectivity index (χ4v) is 6.16. The lowest BCUT2D eigenvalue weighted by atomic mass is 9.93. The number of carbonyl (C=O) groups is 2. The van der Waals surface area contributed by atoms with Gasteiger partial charge in [-0.25, -0.2) is 9.79 Å². The average molecular weight is 582 g/mol. The first-order valence-corrected chi connectivity index (χ1v) is 14.8. The van der Waals surface area contributed by atoms with Crippen molar-refractivity contribution in [1.29, 1.82) is 0 Å². The van der Waals surface area contributed by atoms with Gasteiger partial charge in [0, 0.05) is 18.8 Å². The maximum absolute atomic E-state index is 13.8. The van der Waals surface area contributed by atoms with E-state index in [0.29, 0.717) is 49.1 Å². The molecule has 0 spiro atoms. The molecule has 0 N–H and O–H groups in total. The Kier molecular flexibility index (Phi) is 8.39. The zero-order chi connectivity index (χ0) is 28.9. The number of hydrogen-bond donors (Lipinski definition) is 0. The Hall–Kier alpha value is -4.34. The first kappa shape index (κ1) is 27.8. The summed E-state index contributed by atoms with van der Waals surface area (Å²) in [5.74, 6) is 0.919. The van der Waals surface area contributed by atoms with Crippen molar-refractivity contribution in [3.05, 3.63) is 118 Å². The molecule has 1 fully saturated rings. The molecule has 9 heteroatoms. The van der Waals surface area contributed by atoms with Gasteiger partial charge < -0.3 is 24.0 Å². The minimum absolute atomic E-state index is 0.0193. The van der Waals surface area contributed by atoms with Crippen molar-refractivity contribution in [2.24, 2.45) is 4.99 Å². The fraction of sp³-hybridized carbons (Fsp3) is 0.242. The molecule has 3 aromatic carbocycles. The molecule has 0 bridgehead atoms. The van der Waals surface area contributed by atoms with E-state index in [1.807, 2.05) is 107 Å². The van der Waals surface area contributed by atoms with Gasteiger partial charge in [-0.15, -0.1) is 0 Å². The van der Waals surface area contributed by atoms with Crippen molar-refractivity contribution in [1.82, 2.24) is 9.80 Å². The van der Waals surface area contributed by atoms with Gasteiger partial charge in [0.2, 0.25) is 5.91 Å². The first-order valence-electron chi connectivity index (χ1n) is 13.9. The van der Waals surface area contributed by atoms with Gasteiger partial charge in [0.05, 0.1) is 36.9 Å². The summed E-state index contributed by atoms with van der Waals surface area (Å²) in [6.45, 7) is 4.18. The van der Waals surface area contributed by atoms with Gasteiger partial charge in [-0.05, 0) is 47.7 Å². The Labute approximate surface area is 249 Å². The van der Waals surface area contributed by atoms with Crippen LogP contribution < -0.4 is 4.74 Å². The molecule has 0 aromatic heterocycles. The normalized spacial score (nSPS) is 18.3. The third kappa shape index (κ3) is 6.12. The van der Waals surface area contributed by atoms with Crippen molar-refractivity contribution in [2.45, 2.75) is 26.0 Å². The standard InChI is InChI=1S/C33H31N3O5S/c1-23-30(32(38)40-21-24-9-4-2-5-10-24)31(25-11-8-14-28(19-25)41-27-12-6-3-7-13-27)36-26(22-42-33(36)34-23)20-29(37)35-15-17-39-18-16-35/h2-14,19,22,31H,15-18,20-21H2,1H3. The van der Waals surface area contributed by atoms with Crippen LogP contribution in [-0.2, 0) is 25.7 Å². The van der Waals surface area contributed by atoms with Crippen LogP contribution in [0, 0.1) is 0 Å². The number of nitrogens with zero attached hydrogens (tertiary/aromatic N) is 3. The SMILES string of the molecule is CC1=C(C(=O)OCc2ccccc2)C(c2cccc(Oc3ccccc3)c2)N2C(CC(=O)N3CCOCC3)=CSC2=N1. The third-order valence-electron chi connectivity index (χ3n) is 7.28. The molecule has 0 aliphatic carbocycles. The Morgan fingerprint density at radius 2 is 1.67 bits per heavy atom. The second kappa shape index (κ2) is 12.7. The van der Waals surface area contributed by atoms with Crippen molar-refractivity contribution < 1.29 is 23.8 Å². The number of hydrogen-bond acceptors (Lipinski definition) is 8. The summed E-state index contributed by atoms with van der Waals surface area (Å²) in [5.41, 5.74) is 3.52. The minimum atomic E-state index is -0.557. The largest absolute Gasteiger partial charge is 0.457 e. The number of benzene rings is 3. The Morgan fingerprint density at radius 1 is 0.952 bits per heavy atom. The molecule has 214 valence electrons. The summed E-state index contributed by atoms with van der Waals surface area (Å²) in [5, 5.41) is 2.68. The maximum atomic E-state index is 13.8. The van der Waals surface area contributed by atoms with Gasteiger partial charge in [0.25, 0.3) is 0 Å². The van der Waals surface area contributed by atoms with Gasteiger partial charge >= 0.3 is 5.97 Å². The van der Waals surface area contributed by atoms with Gasteiger partial charge in [-0.1, -0.05) is 72.4 Å². The molecule has 0 saturated carbocycles. The maximum Gasteiger partial charge on any atom is 0.338 e. The Bertz CT molecular complexity index is 1550. The van der Waals surface area contributed by atoms with Crippen LogP contribution in [0.1, 0.15) is 30.5 Å². The quantitative estimate of drug-likeness (QED) is 0.300. The molecular formula is C33H31N3O5S. The van der Waals surface area contributed by atoms with Crippen LogP contribution in [0.2, 0.25) is 0 Å². The fourth-order valence-electron chi connectivity index (χ4n) is 5.20. The van der Waals surface area contributed by atoms with Gasteiger partial charge in [0.1, 0.15) is 18.1 Å². The predicted octanol–water partition coefficient (Wildman–Crippen LogP) is 6.05. The summed E-state index contributed by atoms with van der Waals surface area (Å²) in [6.07, 6.45) is 0.189. The van der Waals surface area contributed by atoms with E-state index in [1.165, 1.54) is 11.8 Å². The number of rotatable bonds is 8. The van der Waals surface area contributed by atoms with E-state index in [2.05, 4.69) is 0 Å². The molecule has 3 aliphatic heterocycles. The topological polar surface area (TPSA) is 80.7 Å². The zero-order valence-electron chi connectivity index (χ0n) is 23.3. The zero-order valence-corrected chi connectivity index (χ0v) is 24.1. The molecule has 8 nitrogen and oxygen atoms in total. The van der Waals surface area contributed by atoms with Gasteiger partial charge in [0.15, 0.2) is 5.17 Å². The summed E-state index contributed by atoms with van der Waals surface area (Å²) in [4.78, 5) is 35.7. The minimum Gasteiger partial charge on any atom is -0.457 e. The predicted molar refractivity (Wildman–Crippen MR) is 162 cm³/mol. The number of morpholine rings is 1. The highest BCUT2D eigenvalue weighted by atomic mass is 32.2. The highest BCUT2D eigenvalue weighted by Crippen LogP contribution is 2.45. The molecule has 0 radical (unpaired) electrons. The highest BCUT2D eigenvalue weighted by Gasteiger charge is 2.41. The van der Waals surface area contributed by atoms with Crippen LogP contribution in [0.3, 0.4) is 0 Å². The van der Waals surface area contributed by atoms with E-state index in [1.54, 1.807) is 0 Å². The van der Waals surface area contributed by atoms with Crippen molar-refractivity contribution in [3.63, 3.8) is 0 Å². The van der Waals surface area contributed by atoms with Crippen LogP contribution in [-0.4, -0.2) is 53.1 Å². The number of amides is 1. The summed E-state index contributed by atoms with van der Waals surface area (Å²) in [6, 6.07) is 26.3. The second-order valence-electron chi connectivity index (χ2n) is 10.1. The number of para-hydroxylation sites is 1. The number of thioether (sulfide) groups is 1. The second-order valence-corrected chi connectivity index (χ2v) is 10.9. The summed E-state index contributed by atoms with van der Waals surface area (Å²) >= 11 is 1.46. The number of allylic oxidation sites excluding steroid dienone is 1. The molecule has 42 heavy (non-hydrogen) atoms. The third-order valence-corrected chi connectivity index (χ3v) is 8.17. The molecule has 1 saturated heterocycles.